The van der Waals surface area contributed by atoms with Crippen molar-refractivity contribution < 1.29 is 27.8 Å². The lowest BCUT2D eigenvalue weighted by atomic mass is 10.1. The Kier molecular flexibility index (Phi) is 6.78. The maximum atomic E-state index is 13.1. The molecule has 0 bridgehead atoms. The number of sulfonamides is 1. The molecule has 2 rings (SSSR count). The van der Waals surface area contributed by atoms with Crippen LogP contribution in [0.3, 0.4) is 0 Å². The van der Waals surface area contributed by atoms with Gasteiger partial charge in [-0.15, -0.1) is 0 Å². The van der Waals surface area contributed by atoms with Crippen molar-refractivity contribution >= 4 is 15.9 Å². The Labute approximate surface area is 150 Å². The molecule has 0 radical (unpaired) electrons. The van der Waals surface area contributed by atoms with E-state index >= 15 is 0 Å². The third-order valence-corrected chi connectivity index (χ3v) is 4.94. The second-order valence-electron chi connectivity index (χ2n) is 5.66. The molecular formula is C17H19FN2O5S. The molecule has 1 aromatic heterocycles. The number of hydrogen-bond donors (Lipinski definition) is 3. The number of aromatic nitrogens is 1. The Morgan fingerprint density at radius 1 is 1.27 bits per heavy atom. The summed E-state index contributed by atoms with van der Waals surface area (Å²) >= 11 is 0. The van der Waals surface area contributed by atoms with Crippen molar-refractivity contribution in [3.05, 3.63) is 65.2 Å². The molecule has 140 valence electrons. The molecule has 0 saturated carbocycles. The summed E-state index contributed by atoms with van der Waals surface area (Å²) in [5.41, 5.74) is 0.766. The molecule has 1 amide bonds. The first-order valence-corrected chi connectivity index (χ1v) is 9.50. The summed E-state index contributed by atoms with van der Waals surface area (Å²) in [5.74, 6) is -1.68. The van der Waals surface area contributed by atoms with Gasteiger partial charge < -0.3 is 10.2 Å². The number of aliphatic hydroxyl groups is 2. The molecule has 0 aliphatic carbocycles. The number of benzene rings is 1. The zero-order valence-electron chi connectivity index (χ0n) is 13.8. The van der Waals surface area contributed by atoms with Gasteiger partial charge in [-0.05, 0) is 42.7 Å². The lowest BCUT2D eigenvalue weighted by Gasteiger charge is -2.11. The predicted molar refractivity (Wildman–Crippen MR) is 92.0 cm³/mol. The van der Waals surface area contributed by atoms with Gasteiger partial charge in [-0.1, -0.05) is 12.1 Å². The van der Waals surface area contributed by atoms with E-state index in [1.165, 1.54) is 36.5 Å². The molecule has 26 heavy (non-hydrogen) atoms. The van der Waals surface area contributed by atoms with Gasteiger partial charge in [0.05, 0.1) is 29.7 Å². The van der Waals surface area contributed by atoms with Crippen LogP contribution in [0, 0.1) is 5.82 Å². The summed E-state index contributed by atoms with van der Waals surface area (Å²) < 4.78 is 39.0. The minimum Gasteiger partial charge on any atom is -0.390 e. The van der Waals surface area contributed by atoms with E-state index in [0.717, 1.165) is 0 Å². The average molecular weight is 382 g/mol. The number of nitrogens with one attached hydrogen (secondary N) is 1. The van der Waals surface area contributed by atoms with Crippen molar-refractivity contribution in [3.63, 3.8) is 0 Å². The summed E-state index contributed by atoms with van der Waals surface area (Å²) in [7, 11) is -3.89. The van der Waals surface area contributed by atoms with Crippen molar-refractivity contribution in [1.82, 2.24) is 9.71 Å². The SMILES string of the molecule is O=C(NS(=O)(=O)CCCC(O)c1cccc(F)c1)c1ccc(CO)nc1. The first-order valence-electron chi connectivity index (χ1n) is 7.85. The Bertz CT molecular complexity index is 856. The van der Waals surface area contributed by atoms with Crippen molar-refractivity contribution in [3.8, 4) is 0 Å². The van der Waals surface area contributed by atoms with Crippen molar-refractivity contribution in [2.75, 3.05) is 5.75 Å². The van der Waals surface area contributed by atoms with E-state index in [1.54, 1.807) is 6.07 Å². The number of aliphatic hydroxyl groups excluding tert-OH is 2. The van der Waals surface area contributed by atoms with Gasteiger partial charge in [-0.3, -0.25) is 9.78 Å². The molecular weight excluding hydrogens is 363 g/mol. The molecule has 7 nitrogen and oxygen atoms in total. The van der Waals surface area contributed by atoms with E-state index in [1.807, 2.05) is 4.72 Å². The maximum absolute atomic E-state index is 13.1. The average Bonchev–Trinajstić information content (AvgIpc) is 2.61. The first-order chi connectivity index (χ1) is 12.3. The molecule has 9 heteroatoms. The van der Waals surface area contributed by atoms with Crippen molar-refractivity contribution in [2.45, 2.75) is 25.6 Å². The predicted octanol–water partition coefficient (Wildman–Crippen LogP) is 1.29. The number of carbonyl (C=O) groups excluding carboxylic acids is 1. The standard InChI is InChI=1S/C17H19FN2O5S/c18-14-4-1-3-12(9-14)16(22)5-2-8-26(24,25)20-17(23)13-6-7-15(11-21)19-10-13/h1,3-4,6-7,9-10,16,21-22H,2,5,8,11H2,(H,20,23). The fourth-order valence-electron chi connectivity index (χ4n) is 2.25. The highest BCUT2D eigenvalue weighted by molar-refractivity contribution is 7.90. The van der Waals surface area contributed by atoms with Crippen molar-refractivity contribution in [1.29, 1.82) is 0 Å². The number of nitrogens with zero attached hydrogens (tertiary/aromatic N) is 1. The number of hydrogen-bond acceptors (Lipinski definition) is 6. The summed E-state index contributed by atoms with van der Waals surface area (Å²) in [6, 6.07) is 8.21. The maximum Gasteiger partial charge on any atom is 0.266 e. The van der Waals surface area contributed by atoms with Crippen LogP contribution in [0.2, 0.25) is 0 Å². The fraction of sp³-hybridized carbons (Fsp3) is 0.294. The highest BCUT2D eigenvalue weighted by atomic mass is 32.2. The minimum absolute atomic E-state index is 0.0468. The molecule has 0 saturated heterocycles. The van der Waals surface area contributed by atoms with Gasteiger partial charge in [0, 0.05) is 6.20 Å². The van der Waals surface area contributed by atoms with Crippen molar-refractivity contribution in [2.24, 2.45) is 0 Å². The topological polar surface area (TPSA) is 117 Å². The smallest absolute Gasteiger partial charge is 0.266 e. The van der Waals surface area contributed by atoms with Crippen LogP contribution in [0.25, 0.3) is 0 Å². The van der Waals surface area contributed by atoms with E-state index in [4.69, 9.17) is 5.11 Å². The molecule has 1 heterocycles. The van der Waals surface area contributed by atoms with Crippen LogP contribution in [0.4, 0.5) is 4.39 Å². The highest BCUT2D eigenvalue weighted by Gasteiger charge is 2.17. The molecule has 2 aromatic rings. The van der Waals surface area contributed by atoms with E-state index in [-0.39, 0.29) is 30.8 Å². The fourth-order valence-corrected chi connectivity index (χ4v) is 3.30. The summed E-state index contributed by atoms with van der Waals surface area (Å²) in [6.07, 6.45) is 0.365. The zero-order chi connectivity index (χ0) is 19.2. The highest BCUT2D eigenvalue weighted by Crippen LogP contribution is 2.19. The van der Waals surface area contributed by atoms with Gasteiger partial charge in [-0.2, -0.15) is 0 Å². The van der Waals surface area contributed by atoms with E-state index in [9.17, 15) is 22.7 Å². The third kappa shape index (κ3) is 5.87. The van der Waals surface area contributed by atoms with Crippen LogP contribution in [0.1, 0.15) is 40.6 Å². The van der Waals surface area contributed by atoms with Crippen LogP contribution in [-0.2, 0) is 16.6 Å². The molecule has 3 N–H and O–H groups in total. The lowest BCUT2D eigenvalue weighted by Crippen LogP contribution is -2.32. The Morgan fingerprint density at radius 2 is 2.04 bits per heavy atom. The number of amides is 1. The minimum atomic E-state index is -3.89. The van der Waals surface area contributed by atoms with E-state index < -0.39 is 27.9 Å². The van der Waals surface area contributed by atoms with E-state index in [2.05, 4.69) is 4.98 Å². The van der Waals surface area contributed by atoms with Gasteiger partial charge in [0.25, 0.3) is 5.91 Å². The summed E-state index contributed by atoms with van der Waals surface area (Å²) in [6.45, 7) is -0.284. The summed E-state index contributed by atoms with van der Waals surface area (Å²) in [4.78, 5) is 15.7. The van der Waals surface area contributed by atoms with Gasteiger partial charge >= 0.3 is 0 Å². The van der Waals surface area contributed by atoms with Gasteiger partial charge in [0.15, 0.2) is 0 Å². The van der Waals surface area contributed by atoms with E-state index in [0.29, 0.717) is 11.3 Å². The van der Waals surface area contributed by atoms with Crippen LogP contribution < -0.4 is 4.72 Å². The molecule has 1 atom stereocenters. The third-order valence-electron chi connectivity index (χ3n) is 3.62. The van der Waals surface area contributed by atoms with Crippen LogP contribution in [0.15, 0.2) is 42.6 Å². The first kappa shape index (κ1) is 20.0. The Morgan fingerprint density at radius 3 is 2.65 bits per heavy atom. The lowest BCUT2D eigenvalue weighted by molar-refractivity contribution is 0.0981. The van der Waals surface area contributed by atoms with Gasteiger partial charge in [0.2, 0.25) is 10.0 Å². The molecule has 1 unspecified atom stereocenters. The van der Waals surface area contributed by atoms with Crippen LogP contribution in [0.5, 0.6) is 0 Å². The largest absolute Gasteiger partial charge is 0.390 e. The molecule has 0 aliphatic heterocycles. The number of carbonyl (C=O) groups is 1. The van der Waals surface area contributed by atoms with Gasteiger partial charge in [-0.25, -0.2) is 17.5 Å². The molecule has 1 aromatic carbocycles. The molecule has 0 spiro atoms. The Hall–Kier alpha value is -2.36. The molecule has 0 fully saturated rings. The second kappa shape index (κ2) is 8.84. The second-order valence-corrected chi connectivity index (χ2v) is 7.50. The molecule has 0 aliphatic rings. The number of pyridine rings is 1. The van der Waals surface area contributed by atoms with Crippen LogP contribution in [-0.4, -0.2) is 35.3 Å². The Balaban J connectivity index is 1.86. The summed E-state index contributed by atoms with van der Waals surface area (Å²) in [5, 5.41) is 18.9. The van der Waals surface area contributed by atoms with Crippen LogP contribution >= 0.6 is 0 Å². The quantitative estimate of drug-likeness (QED) is 0.633. The van der Waals surface area contributed by atoms with Gasteiger partial charge in [0.1, 0.15) is 5.82 Å². The number of rotatable bonds is 8. The monoisotopic (exact) mass is 382 g/mol. The normalized spacial score (nSPS) is 12.6. The zero-order valence-corrected chi connectivity index (χ0v) is 14.6. The number of halogens is 1.